The number of alkyl halides is 1. The molecule has 0 saturated carbocycles. The van der Waals surface area contributed by atoms with E-state index in [0.717, 1.165) is 0 Å². The zero-order valence-electron chi connectivity index (χ0n) is 16.7. The Kier molecular flexibility index (Phi) is 5.33. The third-order valence-corrected chi connectivity index (χ3v) is 6.18. The maximum Gasteiger partial charge on any atom is 0.239 e. The van der Waals surface area contributed by atoms with Crippen molar-refractivity contribution in [3.63, 3.8) is 0 Å². The molecule has 1 aromatic carbocycles. The van der Waals surface area contributed by atoms with E-state index in [4.69, 9.17) is 21.1 Å². The van der Waals surface area contributed by atoms with Crippen LogP contribution in [0.5, 0.6) is 11.5 Å². The molecule has 4 rings (SSSR count). The number of benzene rings is 1. The number of likely N-dealkylation sites (N-methyl/N-ethyl adjacent to an activating group) is 1. The highest BCUT2D eigenvalue weighted by Crippen LogP contribution is 2.55. The lowest BCUT2D eigenvalue weighted by Crippen LogP contribution is -2.49. The number of amides is 1. The van der Waals surface area contributed by atoms with E-state index in [-0.39, 0.29) is 29.9 Å². The van der Waals surface area contributed by atoms with Crippen LogP contribution in [0.25, 0.3) is 0 Å². The van der Waals surface area contributed by atoms with E-state index in [2.05, 4.69) is 28.4 Å². The first-order chi connectivity index (χ1) is 15.0. The molecular weight excluding hydrogens is 418 g/mol. The lowest BCUT2D eigenvalue weighted by Gasteiger charge is -2.45. The number of nitrogens with one attached hydrogen (secondary N) is 1. The number of halogens is 1. The van der Waals surface area contributed by atoms with E-state index in [1.54, 1.807) is 18.2 Å². The predicted octanol–water partition coefficient (Wildman–Crippen LogP) is 2.17. The second kappa shape index (κ2) is 7.96. The van der Waals surface area contributed by atoms with E-state index in [9.17, 15) is 20.6 Å². The maximum absolute atomic E-state index is 12.2. The van der Waals surface area contributed by atoms with E-state index in [0.29, 0.717) is 35.7 Å². The Bertz CT molecular complexity index is 1120. The molecule has 2 heterocycles. The molecule has 1 N–H and O–H groups in total. The fourth-order valence-electron chi connectivity index (χ4n) is 4.60. The van der Waals surface area contributed by atoms with E-state index in [1.807, 2.05) is 13.1 Å². The largest absolute Gasteiger partial charge is 0.454 e. The molecule has 1 aliphatic carbocycles. The Labute approximate surface area is 184 Å². The zero-order chi connectivity index (χ0) is 22.2. The fourth-order valence-corrected chi connectivity index (χ4v) is 4.67. The van der Waals surface area contributed by atoms with Crippen LogP contribution in [0, 0.1) is 45.3 Å². The van der Waals surface area contributed by atoms with Crippen LogP contribution in [0.2, 0.25) is 0 Å². The van der Waals surface area contributed by atoms with Gasteiger partial charge in [0, 0.05) is 24.9 Å². The number of rotatable bonds is 3. The highest BCUT2D eigenvalue weighted by Gasteiger charge is 2.55. The van der Waals surface area contributed by atoms with Gasteiger partial charge < -0.3 is 19.7 Å². The summed E-state index contributed by atoms with van der Waals surface area (Å²) in [7, 11) is 1.94. The van der Waals surface area contributed by atoms with Crippen molar-refractivity contribution in [1.82, 2.24) is 10.2 Å². The molecule has 0 saturated heterocycles. The van der Waals surface area contributed by atoms with Crippen molar-refractivity contribution in [1.29, 1.82) is 15.8 Å². The van der Waals surface area contributed by atoms with Crippen molar-refractivity contribution in [2.45, 2.75) is 5.92 Å². The molecule has 0 aromatic heterocycles. The van der Waals surface area contributed by atoms with Crippen molar-refractivity contribution in [3.05, 3.63) is 46.7 Å². The molecule has 0 bridgehead atoms. The number of nitrogens with zero attached hydrogens (tertiary/aromatic N) is 4. The molecule has 0 radical (unpaired) electrons. The summed E-state index contributed by atoms with van der Waals surface area (Å²) in [5.41, 5.74) is -0.264. The lowest BCUT2D eigenvalue weighted by atomic mass is 9.58. The third kappa shape index (κ3) is 3.20. The quantitative estimate of drug-likeness (QED) is 0.721. The van der Waals surface area contributed by atoms with Gasteiger partial charge in [0.1, 0.15) is 11.9 Å². The Balaban J connectivity index is 1.99. The number of hydrogen-bond donors (Lipinski definition) is 1. The molecule has 2 atom stereocenters. The van der Waals surface area contributed by atoms with Gasteiger partial charge in [-0.25, -0.2) is 0 Å². The van der Waals surface area contributed by atoms with Gasteiger partial charge in [0.2, 0.25) is 12.7 Å². The SMILES string of the molecule is CN1CC=C2C(C#N)=C(NC(=O)CCl)C(C#N)(C#N)[C@@H](c3ccc4c(c3)OCO4)[C@H]2C1. The second-order valence-electron chi connectivity index (χ2n) is 7.65. The van der Waals surface area contributed by atoms with Gasteiger partial charge in [0.15, 0.2) is 16.9 Å². The number of nitriles is 3. The molecule has 31 heavy (non-hydrogen) atoms. The van der Waals surface area contributed by atoms with Crippen LogP contribution in [-0.2, 0) is 4.79 Å². The van der Waals surface area contributed by atoms with Gasteiger partial charge in [-0.2, -0.15) is 15.8 Å². The van der Waals surface area contributed by atoms with E-state index < -0.39 is 17.2 Å². The van der Waals surface area contributed by atoms with Crippen LogP contribution < -0.4 is 14.8 Å². The summed E-state index contributed by atoms with van der Waals surface area (Å²) in [6.45, 7) is 1.24. The van der Waals surface area contributed by atoms with Crippen LogP contribution in [-0.4, -0.2) is 43.6 Å². The van der Waals surface area contributed by atoms with Gasteiger partial charge in [-0.05, 0) is 30.3 Å². The van der Waals surface area contributed by atoms with E-state index in [1.165, 1.54) is 0 Å². The summed E-state index contributed by atoms with van der Waals surface area (Å²) >= 11 is 5.68. The molecule has 1 amide bonds. The molecule has 0 unspecified atom stereocenters. The summed E-state index contributed by atoms with van der Waals surface area (Å²) in [5.74, 6) is -0.818. The van der Waals surface area contributed by atoms with Crippen LogP contribution >= 0.6 is 11.6 Å². The molecule has 1 aromatic rings. The monoisotopic (exact) mass is 435 g/mol. The number of allylic oxidation sites excluding steroid dienone is 2. The lowest BCUT2D eigenvalue weighted by molar-refractivity contribution is -0.118. The van der Waals surface area contributed by atoms with Crippen LogP contribution in [0.3, 0.4) is 0 Å². The first-order valence-electron chi connectivity index (χ1n) is 9.60. The molecule has 2 aliphatic heterocycles. The number of carbonyl (C=O) groups is 1. The fraction of sp³-hybridized carbons (Fsp3) is 0.364. The van der Waals surface area contributed by atoms with Gasteiger partial charge in [-0.1, -0.05) is 12.1 Å². The third-order valence-electron chi connectivity index (χ3n) is 5.94. The minimum absolute atomic E-state index is 0.0135. The Hall–Kier alpha value is -3.51. The van der Waals surface area contributed by atoms with Crippen molar-refractivity contribution in [2.24, 2.45) is 11.3 Å². The number of carbonyl (C=O) groups excluding carboxylic acids is 1. The first-order valence-corrected chi connectivity index (χ1v) is 10.1. The maximum atomic E-state index is 12.2. The first kappa shape index (κ1) is 20.8. The van der Waals surface area contributed by atoms with Crippen LogP contribution in [0.1, 0.15) is 11.5 Å². The highest BCUT2D eigenvalue weighted by atomic mass is 35.5. The predicted molar refractivity (Wildman–Crippen MR) is 110 cm³/mol. The van der Waals surface area contributed by atoms with Gasteiger partial charge >= 0.3 is 0 Å². The summed E-state index contributed by atoms with van der Waals surface area (Å²) in [4.78, 5) is 14.3. The normalized spacial score (nSPS) is 23.6. The molecule has 0 fully saturated rings. The van der Waals surface area contributed by atoms with Gasteiger partial charge in [-0.3, -0.25) is 4.79 Å². The summed E-state index contributed by atoms with van der Waals surface area (Å²) in [6, 6.07) is 11.7. The molecule has 9 heteroatoms. The molecule has 3 aliphatic rings. The van der Waals surface area contributed by atoms with Gasteiger partial charge in [-0.15, -0.1) is 11.6 Å². The molecule has 156 valence electrons. The Morgan fingerprint density at radius 1 is 1.29 bits per heavy atom. The van der Waals surface area contributed by atoms with Gasteiger partial charge in [0.25, 0.3) is 0 Å². The summed E-state index contributed by atoms with van der Waals surface area (Å²) < 4.78 is 10.9. The molecule has 8 nitrogen and oxygen atoms in total. The van der Waals surface area contributed by atoms with Crippen molar-refractivity contribution >= 4 is 17.5 Å². The second-order valence-corrected chi connectivity index (χ2v) is 7.92. The minimum Gasteiger partial charge on any atom is -0.454 e. The topological polar surface area (TPSA) is 122 Å². The number of ether oxygens (including phenoxy) is 2. The zero-order valence-corrected chi connectivity index (χ0v) is 17.4. The smallest absolute Gasteiger partial charge is 0.239 e. The van der Waals surface area contributed by atoms with Crippen molar-refractivity contribution < 1.29 is 14.3 Å². The minimum atomic E-state index is -1.80. The molecular formula is C22H18ClN5O3. The average Bonchev–Trinajstić information content (AvgIpc) is 3.26. The summed E-state index contributed by atoms with van der Waals surface area (Å²) in [6.07, 6.45) is 1.91. The van der Waals surface area contributed by atoms with E-state index >= 15 is 0 Å². The summed E-state index contributed by atoms with van der Waals surface area (Å²) in [5, 5.41) is 33.2. The van der Waals surface area contributed by atoms with Crippen molar-refractivity contribution in [2.75, 3.05) is 32.8 Å². The van der Waals surface area contributed by atoms with Crippen LogP contribution in [0.4, 0.5) is 0 Å². The Morgan fingerprint density at radius 3 is 2.71 bits per heavy atom. The standard InChI is InChI=1S/C22H18ClN5O3/c1-28-5-4-14-15(8-24)21(27-19(29)7-23)22(10-25,11-26)20(16(14)9-28)13-2-3-17-18(6-13)31-12-30-17/h2-4,6,16,20H,5,7,9,12H2,1H3,(H,27,29)/t16-,20-/m0/s1. The highest BCUT2D eigenvalue weighted by molar-refractivity contribution is 6.27. The van der Waals surface area contributed by atoms with Gasteiger partial charge in [0.05, 0.1) is 23.4 Å². The Morgan fingerprint density at radius 2 is 2.03 bits per heavy atom. The number of hydrogen-bond acceptors (Lipinski definition) is 7. The van der Waals surface area contributed by atoms with Crippen LogP contribution in [0.15, 0.2) is 41.1 Å². The van der Waals surface area contributed by atoms with Crippen molar-refractivity contribution in [3.8, 4) is 29.7 Å². The number of fused-ring (bicyclic) bond motifs is 2. The average molecular weight is 436 g/mol. The molecule has 0 spiro atoms.